The lowest BCUT2D eigenvalue weighted by atomic mass is 9.78. The Bertz CT molecular complexity index is 3500. The molecule has 0 atom stereocenters. The topological polar surface area (TPSA) is 33.5 Å². The molecule has 0 amide bonds. The summed E-state index contributed by atoms with van der Waals surface area (Å²) in [4.78, 5) is 10.1. The van der Waals surface area contributed by atoms with Crippen LogP contribution in [0.4, 0.5) is 22.7 Å². The molecule has 378 valence electrons. The first kappa shape index (κ1) is 50.4. The number of rotatable bonds is 10. The molecular formula is C69H76N4O. The summed E-state index contributed by atoms with van der Waals surface area (Å²) in [6, 6.07) is 58.6. The second-order valence-electron chi connectivity index (χ2n) is 25.1. The van der Waals surface area contributed by atoms with Crippen LogP contribution in [0.2, 0.25) is 0 Å². The van der Waals surface area contributed by atoms with Crippen LogP contribution in [0.5, 0.6) is 11.5 Å². The lowest BCUT2D eigenvalue weighted by Gasteiger charge is -2.29. The van der Waals surface area contributed by atoms with Gasteiger partial charge in [0.05, 0.1) is 22.4 Å². The van der Waals surface area contributed by atoms with Crippen LogP contribution < -0.4 is 14.5 Å². The Kier molecular flexibility index (Phi) is 12.7. The maximum absolute atomic E-state index is 7.28. The Labute approximate surface area is 441 Å². The highest BCUT2D eigenvalue weighted by molar-refractivity contribution is 6.09. The maximum atomic E-state index is 7.28. The van der Waals surface area contributed by atoms with Gasteiger partial charge in [-0.1, -0.05) is 183 Å². The number of pyridine rings is 1. The molecule has 0 saturated heterocycles. The van der Waals surface area contributed by atoms with Crippen molar-refractivity contribution in [3.05, 3.63) is 203 Å². The molecule has 9 aromatic rings. The van der Waals surface area contributed by atoms with Crippen molar-refractivity contribution in [2.24, 2.45) is 0 Å². The molecule has 1 aliphatic rings. The van der Waals surface area contributed by atoms with Gasteiger partial charge in [0.1, 0.15) is 24.0 Å². The monoisotopic (exact) mass is 977 g/mol. The Morgan fingerprint density at radius 3 is 1.70 bits per heavy atom. The largest absolute Gasteiger partial charge is 0.457 e. The minimum absolute atomic E-state index is 0.0238. The van der Waals surface area contributed by atoms with Crippen molar-refractivity contribution in [3.8, 4) is 28.4 Å². The molecule has 0 spiro atoms. The SMILES string of the molecule is CC(C)c1cccc(C(C)C)c1-c1cc(Oc2ccc3c4ccccc4n(-c4cc(C(C)(C)c5ccccc5)ccn4)c3c2)cc(N2CN(c3cc(C(C)(C)C)cc(C(C)(C)C)c3)c3ccc(C(C)(C)C)cc32)c1. The van der Waals surface area contributed by atoms with Crippen molar-refractivity contribution in [3.63, 3.8) is 0 Å². The van der Waals surface area contributed by atoms with Gasteiger partial charge in [-0.05, 0) is 145 Å². The number of fused-ring (bicyclic) bond motifs is 4. The van der Waals surface area contributed by atoms with Crippen LogP contribution in [0.3, 0.4) is 0 Å². The number of para-hydroxylation sites is 1. The zero-order valence-electron chi connectivity index (χ0n) is 46.6. The fourth-order valence-corrected chi connectivity index (χ4v) is 11.0. The molecule has 5 heteroatoms. The van der Waals surface area contributed by atoms with Crippen molar-refractivity contribution in [1.29, 1.82) is 0 Å². The summed E-state index contributed by atoms with van der Waals surface area (Å²) in [5.74, 6) is 3.06. The maximum Gasteiger partial charge on any atom is 0.137 e. The normalized spacial score (nSPS) is 13.5. The Balaban J connectivity index is 1.16. The smallest absolute Gasteiger partial charge is 0.137 e. The predicted molar refractivity (Wildman–Crippen MR) is 315 cm³/mol. The van der Waals surface area contributed by atoms with Crippen LogP contribution in [0.1, 0.15) is 155 Å². The second-order valence-corrected chi connectivity index (χ2v) is 25.1. The third kappa shape index (κ3) is 9.40. The van der Waals surface area contributed by atoms with Gasteiger partial charge in [-0.15, -0.1) is 0 Å². The number of aromatic nitrogens is 2. The van der Waals surface area contributed by atoms with Crippen LogP contribution >= 0.6 is 0 Å². The van der Waals surface area contributed by atoms with E-state index >= 15 is 0 Å². The average Bonchev–Trinajstić information content (AvgIpc) is 3.91. The lowest BCUT2D eigenvalue weighted by Crippen LogP contribution is -2.25. The highest BCUT2D eigenvalue weighted by Gasteiger charge is 2.33. The molecule has 0 bridgehead atoms. The van der Waals surface area contributed by atoms with Gasteiger partial charge in [-0.3, -0.25) is 4.57 Å². The van der Waals surface area contributed by atoms with Crippen LogP contribution in [0, 0.1) is 0 Å². The Hall–Kier alpha value is -7.11. The van der Waals surface area contributed by atoms with Crippen LogP contribution in [0.25, 0.3) is 38.8 Å². The summed E-state index contributed by atoms with van der Waals surface area (Å²) >= 11 is 0. The van der Waals surface area contributed by atoms with Gasteiger partial charge in [0.15, 0.2) is 0 Å². The van der Waals surface area contributed by atoms with Gasteiger partial charge in [-0.25, -0.2) is 4.98 Å². The van der Waals surface area contributed by atoms with E-state index in [4.69, 9.17) is 9.72 Å². The third-order valence-corrected chi connectivity index (χ3v) is 15.6. The van der Waals surface area contributed by atoms with E-state index in [0.29, 0.717) is 18.5 Å². The molecule has 2 aromatic heterocycles. The fourth-order valence-electron chi connectivity index (χ4n) is 11.0. The number of benzene rings is 7. The minimum atomic E-state index is -0.231. The van der Waals surface area contributed by atoms with Crippen LogP contribution in [-0.2, 0) is 21.7 Å². The highest BCUT2D eigenvalue weighted by Crippen LogP contribution is 2.50. The van der Waals surface area contributed by atoms with Crippen molar-refractivity contribution in [2.75, 3.05) is 16.5 Å². The highest BCUT2D eigenvalue weighted by atomic mass is 16.5. The van der Waals surface area contributed by atoms with Crippen molar-refractivity contribution < 1.29 is 4.74 Å². The van der Waals surface area contributed by atoms with Crippen molar-refractivity contribution >= 4 is 44.6 Å². The minimum Gasteiger partial charge on any atom is -0.457 e. The van der Waals surface area contributed by atoms with Gasteiger partial charge in [0.2, 0.25) is 0 Å². The fraction of sp³-hybridized carbons (Fsp3) is 0.319. The Morgan fingerprint density at radius 2 is 1.05 bits per heavy atom. The molecule has 7 aromatic carbocycles. The molecular weight excluding hydrogens is 901 g/mol. The van der Waals surface area contributed by atoms with E-state index in [1.165, 1.54) is 67.0 Å². The molecule has 0 fully saturated rings. The summed E-state index contributed by atoms with van der Waals surface area (Å²) in [5, 5.41) is 2.33. The molecule has 1 aliphatic heterocycles. The lowest BCUT2D eigenvalue weighted by molar-refractivity contribution is 0.483. The molecule has 0 unspecified atom stereocenters. The van der Waals surface area contributed by atoms with Gasteiger partial charge in [0, 0.05) is 45.9 Å². The summed E-state index contributed by atoms with van der Waals surface area (Å²) in [6.45, 7) is 35.4. The van der Waals surface area contributed by atoms with E-state index in [1.54, 1.807) is 0 Å². The molecule has 10 rings (SSSR count). The molecule has 0 aliphatic carbocycles. The Morgan fingerprint density at radius 1 is 0.446 bits per heavy atom. The van der Waals surface area contributed by atoms with Gasteiger partial charge in [-0.2, -0.15) is 0 Å². The quantitative estimate of drug-likeness (QED) is 0.137. The summed E-state index contributed by atoms with van der Waals surface area (Å²) < 4.78 is 9.59. The van der Waals surface area contributed by atoms with Gasteiger partial charge in [0.25, 0.3) is 0 Å². The van der Waals surface area contributed by atoms with E-state index in [2.05, 4.69) is 276 Å². The van der Waals surface area contributed by atoms with Gasteiger partial charge >= 0.3 is 0 Å². The third-order valence-electron chi connectivity index (χ3n) is 15.6. The molecule has 0 saturated carbocycles. The van der Waals surface area contributed by atoms with E-state index in [0.717, 1.165) is 45.0 Å². The predicted octanol–water partition coefficient (Wildman–Crippen LogP) is 19.4. The molecule has 0 radical (unpaired) electrons. The standard InChI is InChI=1S/C69H76N4O/c1-44(2)56-25-21-26-57(45(3)4)65(56)46-34-52(72-43-71(61-31-28-48(39-63(61)72)66(5,6)7)53-37-50(67(8,9)10)36-51(38-53)68(11,12)13)41-55(35-46)74-54-29-30-59-58-24-19-20-27-60(58)73(62(59)42-54)64-40-49(32-33-70-64)69(14,15)47-22-17-16-18-23-47/h16-42,44-45H,43H2,1-15H3. The van der Waals surface area contributed by atoms with E-state index in [9.17, 15) is 0 Å². The zero-order valence-corrected chi connectivity index (χ0v) is 46.6. The number of ether oxygens (including phenoxy) is 1. The molecule has 0 N–H and O–H groups in total. The summed E-state index contributed by atoms with van der Waals surface area (Å²) in [5.41, 5.74) is 18.1. The first-order chi connectivity index (χ1) is 35.0. The van der Waals surface area contributed by atoms with E-state index in [-0.39, 0.29) is 21.7 Å². The van der Waals surface area contributed by atoms with E-state index in [1.807, 2.05) is 6.20 Å². The number of anilines is 4. The second kappa shape index (κ2) is 18.7. The van der Waals surface area contributed by atoms with Gasteiger partial charge < -0.3 is 14.5 Å². The number of nitrogens with zero attached hydrogens (tertiary/aromatic N) is 4. The summed E-state index contributed by atoms with van der Waals surface area (Å²) in [6.07, 6.45) is 1.95. The number of hydrogen-bond acceptors (Lipinski definition) is 4. The van der Waals surface area contributed by atoms with Crippen molar-refractivity contribution in [1.82, 2.24) is 9.55 Å². The first-order valence-corrected chi connectivity index (χ1v) is 26.8. The van der Waals surface area contributed by atoms with Crippen LogP contribution in [-0.4, -0.2) is 16.2 Å². The molecule has 3 heterocycles. The molecule has 5 nitrogen and oxygen atoms in total. The van der Waals surface area contributed by atoms with Crippen molar-refractivity contribution in [2.45, 2.75) is 137 Å². The average molecular weight is 977 g/mol. The number of hydrogen-bond donors (Lipinski definition) is 0. The zero-order chi connectivity index (χ0) is 52.6. The molecule has 74 heavy (non-hydrogen) atoms. The van der Waals surface area contributed by atoms with Crippen LogP contribution in [0.15, 0.2) is 164 Å². The summed E-state index contributed by atoms with van der Waals surface area (Å²) in [7, 11) is 0. The first-order valence-electron chi connectivity index (χ1n) is 26.8. The van der Waals surface area contributed by atoms with E-state index < -0.39 is 0 Å².